The van der Waals surface area contributed by atoms with Gasteiger partial charge in [-0.15, -0.1) is 5.10 Å². The summed E-state index contributed by atoms with van der Waals surface area (Å²) in [5.74, 6) is 2.00. The van der Waals surface area contributed by atoms with Crippen LogP contribution in [-0.2, 0) is 6.54 Å². The van der Waals surface area contributed by atoms with Crippen molar-refractivity contribution < 1.29 is 0 Å². The number of anilines is 3. The number of rotatable bonds is 8. The Hall–Kier alpha value is -2.95. The number of hydrogen-bond donors (Lipinski definition) is 1. The Morgan fingerprint density at radius 2 is 1.65 bits per heavy atom. The highest BCUT2D eigenvalue weighted by atomic mass is 15.3. The summed E-state index contributed by atoms with van der Waals surface area (Å²) in [6.45, 7) is 5.98. The van der Waals surface area contributed by atoms with Crippen molar-refractivity contribution in [1.29, 1.82) is 0 Å². The molecule has 0 aliphatic heterocycles. The molecule has 0 unspecified atom stereocenters. The summed E-state index contributed by atoms with van der Waals surface area (Å²) < 4.78 is 0. The van der Waals surface area contributed by atoms with Gasteiger partial charge in [0.25, 0.3) is 5.95 Å². The second-order valence-corrected chi connectivity index (χ2v) is 6.66. The molecule has 0 atom stereocenters. The van der Waals surface area contributed by atoms with Gasteiger partial charge in [-0.3, -0.25) is 0 Å². The fourth-order valence-electron chi connectivity index (χ4n) is 2.63. The smallest absolute Gasteiger partial charge is 0.252 e. The zero-order valence-electron chi connectivity index (χ0n) is 15.3. The molecule has 0 fully saturated rings. The van der Waals surface area contributed by atoms with Gasteiger partial charge in [0, 0.05) is 12.2 Å². The van der Waals surface area contributed by atoms with Crippen LogP contribution in [0.1, 0.15) is 25.8 Å². The number of nitrogens with one attached hydrogen (secondary N) is 1. The van der Waals surface area contributed by atoms with E-state index in [1.807, 2.05) is 36.4 Å². The fourth-order valence-corrected chi connectivity index (χ4v) is 2.63. The first-order valence-electron chi connectivity index (χ1n) is 9.02. The molecule has 1 aromatic heterocycles. The van der Waals surface area contributed by atoms with Crippen LogP contribution in [0.4, 0.5) is 17.5 Å². The topological polar surface area (TPSA) is 53.9 Å². The van der Waals surface area contributed by atoms with E-state index in [1.54, 1.807) is 6.20 Å². The molecule has 0 aliphatic carbocycles. The van der Waals surface area contributed by atoms with Crippen molar-refractivity contribution in [3.8, 4) is 0 Å². The Labute approximate surface area is 155 Å². The molecule has 5 heteroatoms. The number of aromatic nitrogens is 3. The first-order valence-corrected chi connectivity index (χ1v) is 9.02. The van der Waals surface area contributed by atoms with Gasteiger partial charge in [-0.1, -0.05) is 62.4 Å². The highest BCUT2D eigenvalue weighted by Crippen LogP contribution is 2.24. The van der Waals surface area contributed by atoms with E-state index in [-0.39, 0.29) is 0 Å². The molecule has 134 valence electrons. The summed E-state index contributed by atoms with van der Waals surface area (Å²) in [4.78, 5) is 6.76. The van der Waals surface area contributed by atoms with Gasteiger partial charge in [-0.25, -0.2) is 0 Å². The summed E-state index contributed by atoms with van der Waals surface area (Å²) in [5.41, 5.74) is 2.23. The van der Waals surface area contributed by atoms with Gasteiger partial charge in [0.05, 0.1) is 12.7 Å². The maximum Gasteiger partial charge on any atom is 0.252 e. The lowest BCUT2D eigenvalue weighted by atomic mass is 10.1. The van der Waals surface area contributed by atoms with Gasteiger partial charge in [0.1, 0.15) is 0 Å². The second-order valence-electron chi connectivity index (χ2n) is 6.66. The number of hydrogen-bond acceptors (Lipinski definition) is 5. The molecule has 0 aliphatic rings. The van der Waals surface area contributed by atoms with E-state index >= 15 is 0 Å². The van der Waals surface area contributed by atoms with Crippen molar-refractivity contribution in [2.45, 2.75) is 26.8 Å². The predicted molar refractivity (Wildman–Crippen MR) is 106 cm³/mol. The average molecular weight is 347 g/mol. The van der Waals surface area contributed by atoms with Crippen LogP contribution in [0.25, 0.3) is 0 Å². The normalized spacial score (nSPS) is 10.7. The third-order valence-corrected chi connectivity index (χ3v) is 4.07. The van der Waals surface area contributed by atoms with Gasteiger partial charge in [0.2, 0.25) is 0 Å². The number of nitrogens with zero attached hydrogens (tertiary/aromatic N) is 4. The molecular weight excluding hydrogens is 322 g/mol. The molecular formula is C21H25N5. The standard InChI is InChI=1S/C21H25N5/c1-17(2)13-14-22-20-15-23-25-21(24-20)26(19-11-7-4-8-12-19)16-18-9-5-3-6-10-18/h3-12,15,17H,13-14,16H2,1-2H3,(H,22,24,25). The van der Waals surface area contributed by atoms with Crippen LogP contribution < -0.4 is 10.2 Å². The third-order valence-electron chi connectivity index (χ3n) is 4.07. The molecule has 0 saturated carbocycles. The molecule has 0 saturated heterocycles. The van der Waals surface area contributed by atoms with E-state index in [2.05, 4.69) is 63.5 Å². The Bertz CT molecular complexity index is 790. The maximum absolute atomic E-state index is 4.68. The van der Waals surface area contributed by atoms with Crippen LogP contribution in [0, 0.1) is 5.92 Å². The highest BCUT2D eigenvalue weighted by Gasteiger charge is 2.14. The van der Waals surface area contributed by atoms with Gasteiger partial charge in [-0.05, 0) is 30.0 Å². The number of benzene rings is 2. The van der Waals surface area contributed by atoms with Gasteiger partial charge in [-0.2, -0.15) is 10.1 Å². The molecule has 3 rings (SSSR count). The summed E-state index contributed by atoms with van der Waals surface area (Å²) in [7, 11) is 0. The second kappa shape index (κ2) is 8.94. The molecule has 0 radical (unpaired) electrons. The minimum absolute atomic E-state index is 0.592. The highest BCUT2D eigenvalue weighted by molar-refractivity contribution is 5.58. The zero-order chi connectivity index (χ0) is 18.2. The van der Waals surface area contributed by atoms with E-state index in [4.69, 9.17) is 0 Å². The molecule has 1 heterocycles. The first-order chi connectivity index (χ1) is 12.7. The molecule has 2 aromatic carbocycles. The fraction of sp³-hybridized carbons (Fsp3) is 0.286. The maximum atomic E-state index is 4.68. The monoisotopic (exact) mass is 347 g/mol. The molecule has 3 aromatic rings. The lowest BCUT2D eigenvalue weighted by molar-refractivity contribution is 0.606. The van der Waals surface area contributed by atoms with E-state index in [0.717, 1.165) is 24.5 Å². The van der Waals surface area contributed by atoms with Crippen molar-refractivity contribution in [3.63, 3.8) is 0 Å². The minimum atomic E-state index is 0.592. The Morgan fingerprint density at radius 1 is 0.962 bits per heavy atom. The molecule has 0 amide bonds. The van der Waals surface area contributed by atoms with Gasteiger partial charge in [0.15, 0.2) is 5.82 Å². The Kier molecular flexibility index (Phi) is 6.14. The lowest BCUT2D eigenvalue weighted by Gasteiger charge is -2.23. The van der Waals surface area contributed by atoms with Gasteiger partial charge >= 0.3 is 0 Å². The first kappa shape index (κ1) is 17.9. The summed E-state index contributed by atoms with van der Waals surface area (Å²) in [6, 6.07) is 20.5. The van der Waals surface area contributed by atoms with Crippen LogP contribution in [0.15, 0.2) is 66.9 Å². The molecule has 0 bridgehead atoms. The molecule has 0 spiro atoms. The zero-order valence-corrected chi connectivity index (χ0v) is 15.3. The largest absolute Gasteiger partial charge is 0.369 e. The lowest BCUT2D eigenvalue weighted by Crippen LogP contribution is -2.20. The van der Waals surface area contributed by atoms with E-state index < -0.39 is 0 Å². The van der Waals surface area contributed by atoms with Crippen LogP contribution in [-0.4, -0.2) is 21.7 Å². The minimum Gasteiger partial charge on any atom is -0.369 e. The molecule has 26 heavy (non-hydrogen) atoms. The Morgan fingerprint density at radius 3 is 2.35 bits per heavy atom. The van der Waals surface area contributed by atoms with Crippen molar-refractivity contribution in [1.82, 2.24) is 15.2 Å². The Balaban J connectivity index is 1.84. The third kappa shape index (κ3) is 5.02. The van der Waals surface area contributed by atoms with Crippen molar-refractivity contribution in [3.05, 3.63) is 72.4 Å². The van der Waals surface area contributed by atoms with Crippen LogP contribution in [0.2, 0.25) is 0 Å². The average Bonchev–Trinajstić information content (AvgIpc) is 2.67. The predicted octanol–water partition coefficient (Wildman–Crippen LogP) is 4.67. The SMILES string of the molecule is CC(C)CCNc1cnnc(N(Cc2ccccc2)c2ccccc2)n1. The quantitative estimate of drug-likeness (QED) is 0.642. The molecule has 1 N–H and O–H groups in total. The van der Waals surface area contributed by atoms with Crippen molar-refractivity contribution >= 4 is 17.5 Å². The van der Waals surface area contributed by atoms with E-state index in [9.17, 15) is 0 Å². The van der Waals surface area contributed by atoms with Crippen LogP contribution in [0.5, 0.6) is 0 Å². The summed E-state index contributed by atoms with van der Waals surface area (Å²) >= 11 is 0. The van der Waals surface area contributed by atoms with E-state index in [1.165, 1.54) is 5.56 Å². The summed E-state index contributed by atoms with van der Waals surface area (Å²) in [6.07, 6.45) is 2.77. The van der Waals surface area contributed by atoms with Crippen LogP contribution >= 0.6 is 0 Å². The summed E-state index contributed by atoms with van der Waals surface area (Å²) in [5, 5.41) is 11.8. The van der Waals surface area contributed by atoms with Crippen LogP contribution in [0.3, 0.4) is 0 Å². The van der Waals surface area contributed by atoms with E-state index in [0.29, 0.717) is 18.4 Å². The molecule has 5 nitrogen and oxygen atoms in total. The van der Waals surface area contributed by atoms with Gasteiger partial charge < -0.3 is 10.2 Å². The van der Waals surface area contributed by atoms with Crippen molar-refractivity contribution in [2.24, 2.45) is 5.92 Å². The number of para-hydroxylation sites is 1. The van der Waals surface area contributed by atoms with Crippen molar-refractivity contribution in [2.75, 3.05) is 16.8 Å².